The van der Waals surface area contributed by atoms with Crippen LogP contribution in [-0.4, -0.2) is 10.9 Å². The molecule has 2 rings (SSSR count). The quantitative estimate of drug-likeness (QED) is 0.742. The number of H-pyrrole nitrogens is 1. The number of aromatic nitrogens is 1. The third-order valence-corrected chi connectivity index (χ3v) is 2.77. The van der Waals surface area contributed by atoms with Gasteiger partial charge in [-0.1, -0.05) is 0 Å². The molecular weight excluding hydrogens is 317 g/mol. The van der Waals surface area contributed by atoms with Crippen LogP contribution in [0.25, 0.3) is 0 Å². The molecule has 0 atom stereocenters. The van der Waals surface area contributed by atoms with Crippen LogP contribution in [-0.2, 0) is 0 Å². The van der Waals surface area contributed by atoms with E-state index in [4.69, 9.17) is 5.73 Å². The largest absolute Gasteiger partial charge is 0.397 e. The van der Waals surface area contributed by atoms with E-state index in [1.165, 1.54) is 0 Å². The van der Waals surface area contributed by atoms with E-state index >= 15 is 0 Å². The second-order valence-electron chi connectivity index (χ2n) is 3.31. The van der Waals surface area contributed by atoms with Crippen LogP contribution in [0.15, 0.2) is 36.5 Å². The summed E-state index contributed by atoms with van der Waals surface area (Å²) in [6.45, 7) is 0. The first kappa shape index (κ1) is 11.0. The van der Waals surface area contributed by atoms with Crippen molar-refractivity contribution in [2.75, 3.05) is 11.1 Å². The monoisotopic (exact) mass is 327 g/mol. The molecule has 4 N–H and O–H groups in total. The van der Waals surface area contributed by atoms with E-state index in [-0.39, 0.29) is 5.91 Å². The van der Waals surface area contributed by atoms with Crippen molar-refractivity contribution in [2.45, 2.75) is 0 Å². The number of carbonyl (C=O) groups excluding carboxylic acids is 1. The highest BCUT2D eigenvalue weighted by Crippen LogP contribution is 2.13. The second-order valence-corrected chi connectivity index (χ2v) is 4.55. The van der Waals surface area contributed by atoms with Gasteiger partial charge in [0.25, 0.3) is 5.91 Å². The van der Waals surface area contributed by atoms with Gasteiger partial charge in [-0.3, -0.25) is 4.79 Å². The van der Waals surface area contributed by atoms with Crippen molar-refractivity contribution >= 4 is 39.9 Å². The molecule has 1 aromatic heterocycles. The molecule has 1 amide bonds. The summed E-state index contributed by atoms with van der Waals surface area (Å²) in [6.07, 6.45) is 1.59. The lowest BCUT2D eigenvalue weighted by Gasteiger charge is -2.03. The van der Waals surface area contributed by atoms with E-state index in [2.05, 4.69) is 32.9 Å². The number of hydrogen-bond donors (Lipinski definition) is 3. The van der Waals surface area contributed by atoms with Crippen LogP contribution >= 0.6 is 22.6 Å². The highest BCUT2D eigenvalue weighted by atomic mass is 127. The molecule has 1 heterocycles. The molecule has 82 valence electrons. The molecule has 16 heavy (non-hydrogen) atoms. The highest BCUT2D eigenvalue weighted by molar-refractivity contribution is 14.1. The minimum Gasteiger partial charge on any atom is -0.397 e. The average molecular weight is 327 g/mol. The maximum atomic E-state index is 11.7. The number of carbonyl (C=O) groups is 1. The van der Waals surface area contributed by atoms with Gasteiger partial charge in [0.05, 0.1) is 0 Å². The van der Waals surface area contributed by atoms with Crippen LogP contribution in [0.1, 0.15) is 10.5 Å². The molecule has 0 radical (unpaired) electrons. The fourth-order valence-electron chi connectivity index (χ4n) is 1.27. The van der Waals surface area contributed by atoms with Crippen molar-refractivity contribution in [3.63, 3.8) is 0 Å². The molecule has 5 heteroatoms. The maximum absolute atomic E-state index is 11.7. The molecule has 0 bridgehead atoms. The molecule has 0 saturated carbocycles. The number of aromatic amines is 1. The average Bonchev–Trinajstić information content (AvgIpc) is 2.68. The minimum atomic E-state index is -0.196. The first-order valence-electron chi connectivity index (χ1n) is 4.66. The lowest BCUT2D eigenvalue weighted by Crippen LogP contribution is -2.12. The zero-order valence-electron chi connectivity index (χ0n) is 8.33. The third kappa shape index (κ3) is 2.54. The Kier molecular flexibility index (Phi) is 3.14. The van der Waals surface area contributed by atoms with Crippen molar-refractivity contribution in [1.29, 1.82) is 0 Å². The van der Waals surface area contributed by atoms with Gasteiger partial charge in [0.1, 0.15) is 5.69 Å². The van der Waals surface area contributed by atoms with Crippen molar-refractivity contribution < 1.29 is 4.79 Å². The van der Waals surface area contributed by atoms with Crippen LogP contribution in [0.4, 0.5) is 11.4 Å². The molecule has 0 aliphatic heterocycles. The van der Waals surface area contributed by atoms with Gasteiger partial charge in [0.15, 0.2) is 0 Å². The molecule has 0 spiro atoms. The summed E-state index contributed by atoms with van der Waals surface area (Å²) < 4.78 is 1.12. The molecule has 1 aromatic carbocycles. The highest BCUT2D eigenvalue weighted by Gasteiger charge is 2.07. The summed E-state index contributed by atoms with van der Waals surface area (Å²) >= 11 is 2.21. The van der Waals surface area contributed by atoms with Crippen LogP contribution in [0, 0.1) is 3.57 Å². The predicted octanol–water partition coefficient (Wildman–Crippen LogP) is 2.45. The number of amides is 1. The van der Waals surface area contributed by atoms with Crippen LogP contribution in [0.3, 0.4) is 0 Å². The van der Waals surface area contributed by atoms with E-state index in [9.17, 15) is 4.79 Å². The number of anilines is 2. The Morgan fingerprint density at radius 3 is 2.56 bits per heavy atom. The SMILES string of the molecule is Nc1c[nH]c(C(=O)Nc2ccc(I)cc2)c1. The van der Waals surface area contributed by atoms with E-state index in [1.54, 1.807) is 12.3 Å². The lowest BCUT2D eigenvalue weighted by atomic mass is 10.3. The Balaban J connectivity index is 2.10. The predicted molar refractivity (Wildman–Crippen MR) is 72.3 cm³/mol. The van der Waals surface area contributed by atoms with Crippen molar-refractivity contribution in [2.24, 2.45) is 0 Å². The molecule has 2 aromatic rings. The van der Waals surface area contributed by atoms with Crippen molar-refractivity contribution in [1.82, 2.24) is 4.98 Å². The van der Waals surface area contributed by atoms with Gasteiger partial charge in [-0.2, -0.15) is 0 Å². The lowest BCUT2D eigenvalue weighted by molar-refractivity contribution is 0.102. The number of hydrogen-bond acceptors (Lipinski definition) is 2. The van der Waals surface area contributed by atoms with Gasteiger partial charge in [-0.05, 0) is 52.9 Å². The Morgan fingerprint density at radius 1 is 1.31 bits per heavy atom. The number of nitrogen functional groups attached to an aromatic ring is 1. The molecule has 0 aliphatic carbocycles. The number of nitrogens with one attached hydrogen (secondary N) is 2. The Labute approximate surface area is 106 Å². The first-order valence-corrected chi connectivity index (χ1v) is 5.74. The topological polar surface area (TPSA) is 70.9 Å². The van der Waals surface area contributed by atoms with Gasteiger partial charge in [0, 0.05) is 21.1 Å². The van der Waals surface area contributed by atoms with Gasteiger partial charge >= 0.3 is 0 Å². The van der Waals surface area contributed by atoms with Crippen molar-refractivity contribution in [3.8, 4) is 0 Å². The minimum absolute atomic E-state index is 0.196. The van der Waals surface area contributed by atoms with E-state index in [0.717, 1.165) is 9.26 Å². The Bertz CT molecular complexity index is 504. The number of halogens is 1. The third-order valence-electron chi connectivity index (χ3n) is 2.05. The fraction of sp³-hybridized carbons (Fsp3) is 0. The second kappa shape index (κ2) is 4.56. The van der Waals surface area contributed by atoms with Crippen LogP contribution in [0.2, 0.25) is 0 Å². The number of benzene rings is 1. The summed E-state index contributed by atoms with van der Waals surface area (Å²) in [5.74, 6) is -0.196. The summed E-state index contributed by atoms with van der Waals surface area (Å²) in [5, 5.41) is 2.77. The molecule has 0 fully saturated rings. The molecular formula is C11H10IN3O. The number of rotatable bonds is 2. The van der Waals surface area contributed by atoms with E-state index in [1.807, 2.05) is 24.3 Å². The number of nitrogens with two attached hydrogens (primary N) is 1. The van der Waals surface area contributed by atoms with Crippen LogP contribution in [0.5, 0.6) is 0 Å². The van der Waals surface area contributed by atoms with Gasteiger partial charge < -0.3 is 16.0 Å². The normalized spacial score (nSPS) is 10.1. The molecule has 0 aliphatic rings. The zero-order chi connectivity index (χ0) is 11.5. The zero-order valence-corrected chi connectivity index (χ0v) is 10.5. The Morgan fingerprint density at radius 2 is 2.00 bits per heavy atom. The summed E-state index contributed by atoms with van der Waals surface area (Å²) in [6, 6.07) is 9.17. The smallest absolute Gasteiger partial charge is 0.272 e. The molecule has 4 nitrogen and oxygen atoms in total. The van der Waals surface area contributed by atoms with Crippen molar-refractivity contribution in [3.05, 3.63) is 45.8 Å². The first-order chi connectivity index (χ1) is 7.65. The van der Waals surface area contributed by atoms with Gasteiger partial charge in [0.2, 0.25) is 0 Å². The van der Waals surface area contributed by atoms with Gasteiger partial charge in [-0.15, -0.1) is 0 Å². The van der Waals surface area contributed by atoms with E-state index < -0.39 is 0 Å². The maximum Gasteiger partial charge on any atom is 0.272 e. The fourth-order valence-corrected chi connectivity index (χ4v) is 1.63. The Hall–Kier alpha value is -1.50. The standard InChI is InChI=1S/C11H10IN3O/c12-7-1-3-9(4-2-7)15-11(16)10-5-8(13)6-14-10/h1-6,14H,13H2,(H,15,16). The molecule has 0 saturated heterocycles. The molecule has 0 unspecified atom stereocenters. The van der Waals surface area contributed by atoms with E-state index in [0.29, 0.717) is 11.4 Å². The summed E-state index contributed by atoms with van der Waals surface area (Å²) in [4.78, 5) is 14.5. The summed E-state index contributed by atoms with van der Waals surface area (Å²) in [7, 11) is 0. The van der Waals surface area contributed by atoms with Crippen LogP contribution < -0.4 is 11.1 Å². The van der Waals surface area contributed by atoms with Gasteiger partial charge in [-0.25, -0.2) is 0 Å². The summed E-state index contributed by atoms with van der Waals surface area (Å²) in [5.41, 5.74) is 7.28.